The number of hydrogen-bond acceptors (Lipinski definition) is 6. The lowest BCUT2D eigenvalue weighted by Crippen LogP contribution is -2.44. The van der Waals surface area contributed by atoms with Gasteiger partial charge in [0.1, 0.15) is 0 Å². The summed E-state index contributed by atoms with van der Waals surface area (Å²) >= 11 is 5.31. The van der Waals surface area contributed by atoms with E-state index < -0.39 is 11.0 Å². The molecule has 1 heterocycles. The highest BCUT2D eigenvalue weighted by Crippen LogP contribution is 2.42. The molecule has 9 heteroatoms. The van der Waals surface area contributed by atoms with Gasteiger partial charge in [0.2, 0.25) is 5.75 Å². The molecule has 1 aliphatic rings. The quantitative estimate of drug-likeness (QED) is 0.247. The minimum atomic E-state index is -0.699. The van der Waals surface area contributed by atoms with Gasteiger partial charge in [0, 0.05) is 22.9 Å². The lowest BCUT2D eigenvalue weighted by Gasteiger charge is -2.30. The summed E-state index contributed by atoms with van der Waals surface area (Å²) in [5.74, 6) is 0.124. The number of Topliss-reactive ketones (excluding diaryl/α,β-unsaturated/α-hetero) is 1. The van der Waals surface area contributed by atoms with Crippen molar-refractivity contribution in [3.05, 3.63) is 75.0 Å². The number of ketones is 1. The molecule has 0 fully saturated rings. The van der Waals surface area contributed by atoms with Crippen molar-refractivity contribution in [2.24, 2.45) is 0 Å². The number of nitro groups is 1. The Morgan fingerprint density at radius 3 is 2.53 bits per heavy atom. The molecular weight excluding hydrogens is 430 g/mol. The van der Waals surface area contributed by atoms with Gasteiger partial charge in [0.05, 0.1) is 24.2 Å². The Kier molecular flexibility index (Phi) is 7.42. The topological polar surface area (TPSA) is 103 Å². The summed E-state index contributed by atoms with van der Waals surface area (Å²) < 4.78 is 11.3. The van der Waals surface area contributed by atoms with Crippen molar-refractivity contribution in [3.63, 3.8) is 0 Å². The number of rotatable bonds is 9. The number of carbonyl (C=O) groups is 1. The Hall–Kier alpha value is -3.46. The highest BCUT2D eigenvalue weighted by molar-refractivity contribution is 7.80. The van der Waals surface area contributed by atoms with Crippen molar-refractivity contribution in [3.8, 4) is 11.5 Å². The molecule has 3 rings (SSSR count). The first-order valence-corrected chi connectivity index (χ1v) is 10.7. The van der Waals surface area contributed by atoms with Gasteiger partial charge in [-0.15, -0.1) is 0 Å². The standard InChI is InChI=1S/C23H25N3O5S/c1-4-11-31-22-17(26(28)29)12-16(13-18(22)30-5-2)20-19(14(3)24-23(32)25-20)21(27)15-9-7-6-8-10-15/h6-10,12-13,20H,4-5,11H2,1-3H3,(H2,24,25,32). The normalized spacial score (nSPS) is 15.6. The van der Waals surface area contributed by atoms with Crippen LogP contribution in [0.3, 0.4) is 0 Å². The predicted octanol–water partition coefficient (Wildman–Crippen LogP) is 4.46. The SMILES string of the molecule is CCCOc1c(OCC)cc(C2NC(=S)NC(C)=C2C(=O)c2ccccc2)cc1[N+](=O)[O-]. The Bertz CT molecular complexity index is 1070. The minimum Gasteiger partial charge on any atom is -0.490 e. The zero-order valence-electron chi connectivity index (χ0n) is 18.1. The maximum atomic E-state index is 13.4. The van der Waals surface area contributed by atoms with E-state index in [4.69, 9.17) is 21.7 Å². The molecule has 8 nitrogen and oxygen atoms in total. The lowest BCUT2D eigenvalue weighted by atomic mass is 9.89. The van der Waals surface area contributed by atoms with Crippen LogP contribution in [0.4, 0.5) is 5.69 Å². The zero-order valence-corrected chi connectivity index (χ0v) is 19.0. The molecule has 168 valence electrons. The van der Waals surface area contributed by atoms with E-state index in [1.165, 1.54) is 6.07 Å². The second-order valence-electron chi connectivity index (χ2n) is 7.17. The molecule has 2 N–H and O–H groups in total. The highest BCUT2D eigenvalue weighted by Gasteiger charge is 2.33. The summed E-state index contributed by atoms with van der Waals surface area (Å²) in [4.78, 5) is 24.7. The molecule has 1 aliphatic heterocycles. The van der Waals surface area contributed by atoms with Crippen LogP contribution in [-0.4, -0.2) is 29.0 Å². The predicted molar refractivity (Wildman–Crippen MR) is 125 cm³/mol. The third-order valence-corrected chi connectivity index (χ3v) is 5.11. The van der Waals surface area contributed by atoms with Crippen molar-refractivity contribution < 1.29 is 19.2 Å². The zero-order chi connectivity index (χ0) is 23.3. The van der Waals surface area contributed by atoms with Crippen LogP contribution in [0.5, 0.6) is 11.5 Å². The smallest absolute Gasteiger partial charge is 0.315 e. The van der Waals surface area contributed by atoms with Gasteiger partial charge in [-0.1, -0.05) is 37.3 Å². The summed E-state index contributed by atoms with van der Waals surface area (Å²) in [6.07, 6.45) is 0.687. The molecule has 0 saturated heterocycles. The van der Waals surface area contributed by atoms with E-state index in [0.29, 0.717) is 47.1 Å². The average Bonchev–Trinajstić information content (AvgIpc) is 2.77. The van der Waals surface area contributed by atoms with Gasteiger partial charge in [-0.25, -0.2) is 0 Å². The Morgan fingerprint density at radius 1 is 1.19 bits per heavy atom. The van der Waals surface area contributed by atoms with Crippen LogP contribution >= 0.6 is 12.2 Å². The van der Waals surface area contributed by atoms with Gasteiger partial charge in [-0.2, -0.15) is 0 Å². The Morgan fingerprint density at radius 2 is 1.91 bits per heavy atom. The monoisotopic (exact) mass is 455 g/mol. The van der Waals surface area contributed by atoms with Gasteiger partial charge in [-0.3, -0.25) is 14.9 Å². The van der Waals surface area contributed by atoms with Gasteiger partial charge in [-0.05, 0) is 44.1 Å². The average molecular weight is 456 g/mol. The molecule has 0 spiro atoms. The molecule has 0 aromatic heterocycles. The number of carbonyl (C=O) groups excluding carboxylic acids is 1. The maximum absolute atomic E-state index is 13.4. The summed E-state index contributed by atoms with van der Waals surface area (Å²) in [7, 11) is 0. The number of hydrogen-bond donors (Lipinski definition) is 2. The van der Waals surface area contributed by atoms with Gasteiger partial charge in [0.25, 0.3) is 0 Å². The minimum absolute atomic E-state index is 0.0793. The molecule has 0 saturated carbocycles. The summed E-state index contributed by atoms with van der Waals surface area (Å²) in [5.41, 5.74) is 1.76. The van der Waals surface area contributed by atoms with Crippen LogP contribution in [0, 0.1) is 10.1 Å². The number of nitrogens with zero attached hydrogens (tertiary/aromatic N) is 1. The van der Waals surface area contributed by atoms with E-state index in [9.17, 15) is 14.9 Å². The Labute approximate surface area is 191 Å². The van der Waals surface area contributed by atoms with Crippen LogP contribution in [-0.2, 0) is 0 Å². The van der Waals surface area contributed by atoms with Gasteiger partial charge >= 0.3 is 5.69 Å². The summed E-state index contributed by atoms with van der Waals surface area (Å²) in [6.45, 7) is 6.06. The van der Waals surface area contributed by atoms with E-state index >= 15 is 0 Å². The fourth-order valence-electron chi connectivity index (χ4n) is 3.51. The molecule has 2 aromatic carbocycles. The van der Waals surface area contributed by atoms with Gasteiger partial charge < -0.3 is 20.1 Å². The van der Waals surface area contributed by atoms with E-state index in [-0.39, 0.29) is 23.0 Å². The number of ether oxygens (including phenoxy) is 2. The molecule has 0 aliphatic carbocycles. The molecule has 1 atom stereocenters. The van der Waals surface area contributed by atoms with Crippen LogP contribution in [0.2, 0.25) is 0 Å². The largest absolute Gasteiger partial charge is 0.490 e. The number of nitro benzene ring substituents is 1. The van der Waals surface area contributed by atoms with Crippen LogP contribution in [0.15, 0.2) is 53.7 Å². The third kappa shape index (κ3) is 4.88. The molecule has 2 aromatic rings. The second kappa shape index (κ2) is 10.2. The fourth-order valence-corrected chi connectivity index (χ4v) is 3.78. The highest BCUT2D eigenvalue weighted by atomic mass is 32.1. The number of thiocarbonyl (C=S) groups is 1. The van der Waals surface area contributed by atoms with E-state index in [1.807, 2.05) is 13.0 Å². The third-order valence-electron chi connectivity index (χ3n) is 4.89. The maximum Gasteiger partial charge on any atom is 0.315 e. The Balaban J connectivity index is 2.16. The molecule has 1 unspecified atom stereocenters. The van der Waals surface area contributed by atoms with Crippen LogP contribution in [0.1, 0.15) is 49.2 Å². The fraction of sp³-hybridized carbons (Fsp3) is 0.304. The molecule has 0 amide bonds. The molecule has 0 bridgehead atoms. The van der Waals surface area contributed by atoms with Crippen molar-refractivity contribution in [1.29, 1.82) is 0 Å². The van der Waals surface area contributed by atoms with Crippen LogP contribution < -0.4 is 20.1 Å². The number of benzene rings is 2. The summed E-state index contributed by atoms with van der Waals surface area (Å²) in [5, 5.41) is 18.3. The van der Waals surface area contributed by atoms with E-state index in [1.54, 1.807) is 44.2 Å². The van der Waals surface area contributed by atoms with Crippen LogP contribution in [0.25, 0.3) is 0 Å². The number of nitrogens with one attached hydrogen (secondary N) is 2. The van der Waals surface area contributed by atoms with Crippen molar-refractivity contribution in [2.75, 3.05) is 13.2 Å². The molecule has 32 heavy (non-hydrogen) atoms. The lowest BCUT2D eigenvalue weighted by molar-refractivity contribution is -0.386. The first-order chi connectivity index (χ1) is 15.4. The second-order valence-corrected chi connectivity index (χ2v) is 7.58. The number of allylic oxidation sites excluding steroid dienone is 1. The van der Waals surface area contributed by atoms with Crippen molar-refractivity contribution in [2.45, 2.75) is 33.2 Å². The van der Waals surface area contributed by atoms with E-state index in [2.05, 4.69) is 10.6 Å². The van der Waals surface area contributed by atoms with Gasteiger partial charge in [0.15, 0.2) is 16.6 Å². The first kappa shape index (κ1) is 23.2. The van der Waals surface area contributed by atoms with Crippen molar-refractivity contribution >= 4 is 28.8 Å². The molecular formula is C23H25N3O5S. The summed E-state index contributed by atoms with van der Waals surface area (Å²) in [6, 6.07) is 11.2. The molecule has 0 radical (unpaired) electrons. The first-order valence-electron chi connectivity index (χ1n) is 10.3. The van der Waals surface area contributed by atoms with Crippen molar-refractivity contribution in [1.82, 2.24) is 10.6 Å². The van der Waals surface area contributed by atoms with E-state index in [0.717, 1.165) is 0 Å².